The molecule has 140 valence electrons. The molecule has 26 heavy (non-hydrogen) atoms. The Morgan fingerprint density at radius 3 is 2.31 bits per heavy atom. The molecule has 1 aromatic carbocycles. The first-order valence-corrected chi connectivity index (χ1v) is 10.7. The second kappa shape index (κ2) is 6.91. The van der Waals surface area contributed by atoms with Gasteiger partial charge in [-0.05, 0) is 87.3 Å². The predicted octanol–water partition coefficient (Wildman–Crippen LogP) is 4.65. The third-order valence-electron chi connectivity index (χ3n) is 6.60. The Morgan fingerprint density at radius 2 is 1.69 bits per heavy atom. The van der Waals surface area contributed by atoms with E-state index in [1.807, 2.05) is 32.0 Å². The van der Waals surface area contributed by atoms with E-state index in [1.165, 1.54) is 38.5 Å². The van der Waals surface area contributed by atoms with E-state index in [9.17, 15) is 9.59 Å². The van der Waals surface area contributed by atoms with E-state index in [4.69, 9.17) is 0 Å². The van der Waals surface area contributed by atoms with E-state index in [2.05, 4.69) is 10.6 Å². The van der Waals surface area contributed by atoms with Crippen LogP contribution in [-0.4, -0.2) is 22.4 Å². The second-order valence-corrected chi connectivity index (χ2v) is 10.1. The Balaban J connectivity index is 1.29. The zero-order chi connectivity index (χ0) is 18.3. The first-order valence-electron chi connectivity index (χ1n) is 9.73. The Bertz CT molecular complexity index is 695. The topological polar surface area (TPSA) is 58.2 Å². The van der Waals surface area contributed by atoms with Gasteiger partial charge in [0.15, 0.2) is 0 Å². The van der Waals surface area contributed by atoms with Crippen LogP contribution in [0.4, 0.5) is 10.5 Å². The maximum Gasteiger partial charge on any atom is 0.325 e. The second-order valence-electron chi connectivity index (χ2n) is 8.64. The van der Waals surface area contributed by atoms with Crippen LogP contribution in [0.25, 0.3) is 0 Å². The van der Waals surface area contributed by atoms with Crippen molar-refractivity contribution >= 4 is 29.4 Å². The summed E-state index contributed by atoms with van der Waals surface area (Å²) >= 11 is 1.80. The van der Waals surface area contributed by atoms with Gasteiger partial charge in [0.25, 0.3) is 0 Å². The fourth-order valence-corrected chi connectivity index (χ4v) is 7.20. The van der Waals surface area contributed by atoms with Crippen molar-refractivity contribution in [2.75, 3.05) is 11.1 Å². The van der Waals surface area contributed by atoms with Gasteiger partial charge in [0.2, 0.25) is 5.91 Å². The summed E-state index contributed by atoms with van der Waals surface area (Å²) < 4.78 is 0.301. The van der Waals surface area contributed by atoms with Gasteiger partial charge in [-0.25, -0.2) is 4.79 Å². The van der Waals surface area contributed by atoms with Gasteiger partial charge in [0.05, 0.1) is 5.75 Å². The molecule has 0 unspecified atom stereocenters. The SMILES string of the molecule is Cc1cccc(NC(=O)NC(=O)CSC23CC4CC(CC(C4)C2)C3)c1C. The van der Waals surface area contributed by atoms with Gasteiger partial charge in [-0.1, -0.05) is 12.1 Å². The summed E-state index contributed by atoms with van der Waals surface area (Å²) in [4.78, 5) is 24.5. The molecule has 0 radical (unpaired) electrons. The van der Waals surface area contributed by atoms with E-state index in [-0.39, 0.29) is 5.91 Å². The molecule has 4 fully saturated rings. The highest BCUT2D eigenvalue weighted by Crippen LogP contribution is 2.60. The Hall–Kier alpha value is -1.49. The number of carbonyl (C=O) groups is 2. The molecular formula is C21H28N2O2S. The van der Waals surface area contributed by atoms with Gasteiger partial charge in [-0.2, -0.15) is 0 Å². The molecule has 5 heteroatoms. The Kier molecular flexibility index (Phi) is 4.76. The number of nitrogens with one attached hydrogen (secondary N) is 2. The van der Waals surface area contributed by atoms with Gasteiger partial charge in [-0.3, -0.25) is 10.1 Å². The summed E-state index contributed by atoms with van der Waals surface area (Å²) in [7, 11) is 0. The van der Waals surface area contributed by atoms with Crippen LogP contribution in [-0.2, 0) is 4.79 Å². The van der Waals surface area contributed by atoms with Gasteiger partial charge < -0.3 is 5.32 Å². The highest BCUT2D eigenvalue weighted by Gasteiger charge is 2.51. The maximum atomic E-state index is 12.3. The number of aryl methyl sites for hydroxylation is 1. The standard InChI is InChI=1S/C21H28N2O2S/c1-13-4-3-5-18(14(13)2)22-20(25)23-19(24)12-26-21-9-15-6-16(10-21)8-17(7-15)11-21/h3-5,15-17H,6-12H2,1-2H3,(H2,22,23,24,25). The molecule has 2 N–H and O–H groups in total. The summed E-state index contributed by atoms with van der Waals surface area (Å²) in [5.74, 6) is 2.83. The fourth-order valence-electron chi connectivity index (χ4n) is 5.63. The number of thioether (sulfide) groups is 1. The monoisotopic (exact) mass is 372 g/mol. The van der Waals surface area contributed by atoms with E-state index in [1.54, 1.807) is 11.8 Å². The molecule has 1 aromatic rings. The summed E-state index contributed by atoms with van der Waals surface area (Å²) in [6.45, 7) is 3.97. The molecule has 4 aliphatic rings. The van der Waals surface area contributed by atoms with Crippen molar-refractivity contribution in [3.8, 4) is 0 Å². The third-order valence-corrected chi connectivity index (χ3v) is 8.12. The van der Waals surface area contributed by atoms with Crippen LogP contribution in [0.3, 0.4) is 0 Å². The minimum absolute atomic E-state index is 0.187. The summed E-state index contributed by atoms with van der Waals surface area (Å²) in [5, 5.41) is 5.29. The Labute approximate surface area is 159 Å². The minimum Gasteiger partial charge on any atom is -0.307 e. The lowest BCUT2D eigenvalue weighted by atomic mass is 9.56. The van der Waals surface area contributed by atoms with Gasteiger partial charge in [0, 0.05) is 10.4 Å². The van der Waals surface area contributed by atoms with E-state index >= 15 is 0 Å². The molecule has 0 aromatic heterocycles. The van der Waals surface area contributed by atoms with Crippen LogP contribution < -0.4 is 10.6 Å². The predicted molar refractivity (Wildman–Crippen MR) is 106 cm³/mol. The zero-order valence-electron chi connectivity index (χ0n) is 15.6. The van der Waals surface area contributed by atoms with Crippen molar-refractivity contribution in [2.45, 2.75) is 57.1 Å². The van der Waals surface area contributed by atoms with E-state index in [0.717, 1.165) is 34.6 Å². The number of imide groups is 1. The normalized spacial score (nSPS) is 31.7. The van der Waals surface area contributed by atoms with Crippen molar-refractivity contribution < 1.29 is 9.59 Å². The van der Waals surface area contributed by atoms with Crippen molar-refractivity contribution in [2.24, 2.45) is 17.8 Å². The average Bonchev–Trinajstić information content (AvgIpc) is 2.56. The first-order chi connectivity index (χ1) is 12.4. The number of urea groups is 1. The number of hydrogen-bond donors (Lipinski definition) is 2. The molecular weight excluding hydrogens is 344 g/mol. The Morgan fingerprint density at radius 1 is 1.08 bits per heavy atom. The lowest BCUT2D eigenvalue weighted by molar-refractivity contribution is -0.117. The average molecular weight is 373 g/mol. The lowest BCUT2D eigenvalue weighted by Crippen LogP contribution is -2.49. The number of benzene rings is 1. The lowest BCUT2D eigenvalue weighted by Gasteiger charge is -2.56. The molecule has 4 bridgehead atoms. The quantitative estimate of drug-likeness (QED) is 0.808. The van der Waals surface area contributed by atoms with Crippen molar-refractivity contribution in [3.05, 3.63) is 29.3 Å². The summed E-state index contributed by atoms with van der Waals surface area (Å²) in [6.07, 6.45) is 8.03. The fraction of sp³-hybridized carbons (Fsp3) is 0.619. The number of hydrogen-bond acceptors (Lipinski definition) is 3. The number of carbonyl (C=O) groups excluding carboxylic acids is 2. The summed E-state index contributed by atoms with van der Waals surface area (Å²) in [6, 6.07) is 5.33. The molecule has 4 aliphatic carbocycles. The smallest absolute Gasteiger partial charge is 0.307 e. The molecule has 4 saturated carbocycles. The molecule has 0 heterocycles. The molecule has 3 amide bonds. The molecule has 0 saturated heterocycles. The highest BCUT2D eigenvalue weighted by atomic mass is 32.2. The third kappa shape index (κ3) is 3.64. The van der Waals surface area contributed by atoms with Crippen LogP contribution in [0.1, 0.15) is 49.7 Å². The van der Waals surface area contributed by atoms with Gasteiger partial charge >= 0.3 is 6.03 Å². The summed E-state index contributed by atoms with van der Waals surface area (Å²) in [5.41, 5.74) is 2.90. The van der Waals surface area contributed by atoms with Gasteiger partial charge in [-0.15, -0.1) is 11.8 Å². The van der Waals surface area contributed by atoms with Crippen molar-refractivity contribution in [3.63, 3.8) is 0 Å². The zero-order valence-corrected chi connectivity index (χ0v) is 16.5. The molecule has 0 atom stereocenters. The molecule has 0 spiro atoms. The highest BCUT2D eigenvalue weighted by molar-refractivity contribution is 8.01. The molecule has 4 nitrogen and oxygen atoms in total. The van der Waals surface area contributed by atoms with Crippen LogP contribution >= 0.6 is 11.8 Å². The van der Waals surface area contributed by atoms with E-state index < -0.39 is 6.03 Å². The molecule has 0 aliphatic heterocycles. The number of amides is 3. The largest absolute Gasteiger partial charge is 0.325 e. The number of rotatable bonds is 4. The van der Waals surface area contributed by atoms with Crippen molar-refractivity contribution in [1.29, 1.82) is 0 Å². The molecule has 5 rings (SSSR count). The van der Waals surface area contributed by atoms with Gasteiger partial charge in [0.1, 0.15) is 0 Å². The van der Waals surface area contributed by atoms with Crippen LogP contribution in [0.15, 0.2) is 18.2 Å². The maximum absolute atomic E-state index is 12.3. The van der Waals surface area contributed by atoms with Crippen LogP contribution in [0.5, 0.6) is 0 Å². The first kappa shape index (κ1) is 17.9. The number of anilines is 1. The van der Waals surface area contributed by atoms with Crippen LogP contribution in [0.2, 0.25) is 0 Å². The van der Waals surface area contributed by atoms with Crippen molar-refractivity contribution in [1.82, 2.24) is 5.32 Å². The van der Waals surface area contributed by atoms with E-state index in [0.29, 0.717) is 10.5 Å². The van der Waals surface area contributed by atoms with Crippen LogP contribution in [0, 0.1) is 31.6 Å². The minimum atomic E-state index is -0.435.